The van der Waals surface area contributed by atoms with Crippen LogP contribution in [-0.4, -0.2) is 31.4 Å². The Morgan fingerprint density at radius 1 is 1.41 bits per heavy atom. The minimum Gasteiger partial charge on any atom is -0.486 e. The molecular weight excluding hydrogens is 218 g/mol. The van der Waals surface area contributed by atoms with Gasteiger partial charge in [-0.15, -0.1) is 0 Å². The van der Waals surface area contributed by atoms with Crippen LogP contribution in [0.5, 0.6) is 5.75 Å². The Hall–Kier alpha value is -1.62. The Morgan fingerprint density at radius 2 is 2.12 bits per heavy atom. The number of fused-ring (bicyclic) bond motifs is 1. The van der Waals surface area contributed by atoms with Crippen LogP contribution in [-0.2, 0) is 0 Å². The molecule has 2 aromatic rings. The van der Waals surface area contributed by atoms with E-state index in [0.717, 1.165) is 11.3 Å². The average molecular weight is 235 g/mol. The molecule has 1 unspecified atom stereocenters. The predicted octanol–water partition coefficient (Wildman–Crippen LogP) is 1.58. The van der Waals surface area contributed by atoms with Gasteiger partial charge in [-0.3, -0.25) is 0 Å². The van der Waals surface area contributed by atoms with Crippen LogP contribution in [0, 0.1) is 6.92 Å². The van der Waals surface area contributed by atoms with E-state index in [-0.39, 0.29) is 6.10 Å². The van der Waals surface area contributed by atoms with Crippen LogP contribution in [0.1, 0.15) is 26.5 Å². The fourth-order valence-corrected chi connectivity index (χ4v) is 1.39. The number of imidazole rings is 1. The van der Waals surface area contributed by atoms with E-state index >= 15 is 0 Å². The quantitative estimate of drug-likeness (QED) is 0.877. The number of ether oxygens (including phenoxy) is 1. The lowest BCUT2D eigenvalue weighted by Crippen LogP contribution is -2.37. The summed E-state index contributed by atoms with van der Waals surface area (Å²) in [4.78, 5) is 4.21. The molecule has 2 rings (SSSR count). The van der Waals surface area contributed by atoms with Crippen molar-refractivity contribution in [2.24, 2.45) is 0 Å². The van der Waals surface area contributed by atoms with E-state index in [9.17, 15) is 5.11 Å². The summed E-state index contributed by atoms with van der Waals surface area (Å²) in [5, 5.41) is 14.0. The molecule has 5 heteroatoms. The zero-order valence-corrected chi connectivity index (χ0v) is 10.5. The fourth-order valence-electron chi connectivity index (χ4n) is 1.39. The van der Waals surface area contributed by atoms with Crippen LogP contribution in [0.15, 0.2) is 18.5 Å². The first-order valence-electron chi connectivity index (χ1n) is 5.57. The lowest BCUT2D eigenvalue weighted by molar-refractivity contribution is -0.0243. The van der Waals surface area contributed by atoms with Gasteiger partial charge in [0.2, 0.25) is 0 Å². The molecule has 0 radical (unpaired) electrons. The molecule has 1 atom stereocenters. The van der Waals surface area contributed by atoms with Gasteiger partial charge in [-0.2, -0.15) is 5.10 Å². The number of aliphatic hydroxyl groups is 1. The Labute approximate surface area is 100 Å². The van der Waals surface area contributed by atoms with E-state index in [2.05, 4.69) is 10.1 Å². The first-order chi connectivity index (χ1) is 7.88. The number of hydrogen-bond acceptors (Lipinski definition) is 4. The first-order valence-corrected chi connectivity index (χ1v) is 5.57. The molecule has 0 bridgehead atoms. The molecule has 0 amide bonds. The van der Waals surface area contributed by atoms with Crippen molar-refractivity contribution in [1.82, 2.24) is 14.6 Å². The van der Waals surface area contributed by atoms with Gasteiger partial charge in [-0.1, -0.05) is 0 Å². The highest BCUT2D eigenvalue weighted by molar-refractivity contribution is 5.43. The maximum Gasteiger partial charge on any atom is 0.157 e. The van der Waals surface area contributed by atoms with Gasteiger partial charge in [-0.05, 0) is 27.7 Å². The number of aromatic nitrogens is 3. The maximum atomic E-state index is 9.80. The van der Waals surface area contributed by atoms with Gasteiger partial charge >= 0.3 is 0 Å². The molecule has 0 saturated carbocycles. The van der Waals surface area contributed by atoms with E-state index < -0.39 is 5.60 Å². The second kappa shape index (κ2) is 4.00. The molecule has 0 fully saturated rings. The minimum atomic E-state index is -0.891. The summed E-state index contributed by atoms with van der Waals surface area (Å²) >= 11 is 0. The van der Waals surface area contributed by atoms with Crippen LogP contribution in [0.25, 0.3) is 5.65 Å². The molecule has 2 heterocycles. The van der Waals surface area contributed by atoms with E-state index in [4.69, 9.17) is 4.74 Å². The summed E-state index contributed by atoms with van der Waals surface area (Å²) in [7, 11) is 0. The molecule has 0 aliphatic heterocycles. The first kappa shape index (κ1) is 11.9. The third-order valence-electron chi connectivity index (χ3n) is 2.81. The van der Waals surface area contributed by atoms with Gasteiger partial charge in [0, 0.05) is 6.07 Å². The smallest absolute Gasteiger partial charge is 0.157 e. The van der Waals surface area contributed by atoms with Crippen LogP contribution < -0.4 is 4.74 Å². The zero-order chi connectivity index (χ0) is 12.6. The Kier molecular flexibility index (Phi) is 2.79. The molecule has 2 aromatic heterocycles. The molecule has 0 aliphatic carbocycles. The van der Waals surface area contributed by atoms with Crippen molar-refractivity contribution in [3.63, 3.8) is 0 Å². The molecule has 1 N–H and O–H groups in total. The summed E-state index contributed by atoms with van der Waals surface area (Å²) in [6, 6.07) is 1.81. The lowest BCUT2D eigenvalue weighted by Gasteiger charge is -2.26. The summed E-state index contributed by atoms with van der Waals surface area (Å²) in [5.41, 5.74) is 0.822. The maximum absolute atomic E-state index is 9.80. The number of aryl methyl sites for hydroxylation is 1. The third kappa shape index (κ3) is 2.39. The van der Waals surface area contributed by atoms with Crippen molar-refractivity contribution in [2.45, 2.75) is 39.4 Å². The molecule has 17 heavy (non-hydrogen) atoms. The second-order valence-corrected chi connectivity index (χ2v) is 4.77. The summed E-state index contributed by atoms with van der Waals surface area (Å²) in [6.07, 6.45) is 3.07. The lowest BCUT2D eigenvalue weighted by atomic mass is 10.0. The van der Waals surface area contributed by atoms with E-state index in [1.54, 1.807) is 30.8 Å². The van der Waals surface area contributed by atoms with E-state index in [1.165, 1.54) is 0 Å². The van der Waals surface area contributed by atoms with Crippen LogP contribution in [0.4, 0.5) is 0 Å². The molecule has 0 saturated heterocycles. The van der Waals surface area contributed by atoms with Crippen molar-refractivity contribution >= 4 is 5.65 Å². The normalized spacial score (nSPS) is 13.9. The van der Waals surface area contributed by atoms with Gasteiger partial charge < -0.3 is 9.84 Å². The Balaban J connectivity index is 2.25. The van der Waals surface area contributed by atoms with Crippen molar-refractivity contribution in [2.75, 3.05) is 0 Å². The highest BCUT2D eigenvalue weighted by Crippen LogP contribution is 2.18. The average Bonchev–Trinajstić information content (AvgIpc) is 2.59. The largest absolute Gasteiger partial charge is 0.486 e. The number of nitrogens with zero attached hydrogens (tertiary/aromatic N) is 3. The molecule has 0 aromatic carbocycles. The molecule has 0 aliphatic rings. The topological polar surface area (TPSA) is 59.7 Å². The SMILES string of the molecule is Cc1cnc2cc(OC(C)C(C)(C)O)cnn12. The molecule has 92 valence electrons. The Morgan fingerprint density at radius 3 is 2.76 bits per heavy atom. The van der Waals surface area contributed by atoms with Gasteiger partial charge in [0.15, 0.2) is 5.65 Å². The summed E-state index contributed by atoms with van der Waals surface area (Å²) in [6.45, 7) is 7.18. The van der Waals surface area contributed by atoms with Crippen molar-refractivity contribution in [1.29, 1.82) is 0 Å². The van der Waals surface area contributed by atoms with Crippen molar-refractivity contribution in [3.05, 3.63) is 24.2 Å². The van der Waals surface area contributed by atoms with Gasteiger partial charge in [0.1, 0.15) is 11.9 Å². The summed E-state index contributed by atoms with van der Waals surface area (Å²) < 4.78 is 7.37. The highest BCUT2D eigenvalue weighted by Gasteiger charge is 2.24. The van der Waals surface area contributed by atoms with Crippen molar-refractivity contribution < 1.29 is 9.84 Å². The molecular formula is C12H17N3O2. The van der Waals surface area contributed by atoms with E-state index in [1.807, 2.05) is 19.9 Å². The second-order valence-electron chi connectivity index (χ2n) is 4.77. The third-order valence-corrected chi connectivity index (χ3v) is 2.81. The van der Waals surface area contributed by atoms with Crippen LogP contribution in [0.3, 0.4) is 0 Å². The number of hydrogen-bond donors (Lipinski definition) is 1. The van der Waals surface area contributed by atoms with Crippen molar-refractivity contribution in [3.8, 4) is 5.75 Å². The summed E-state index contributed by atoms with van der Waals surface area (Å²) in [5.74, 6) is 0.609. The molecule has 0 spiro atoms. The molecule has 5 nitrogen and oxygen atoms in total. The highest BCUT2D eigenvalue weighted by atomic mass is 16.5. The monoisotopic (exact) mass is 235 g/mol. The van der Waals surface area contributed by atoms with Gasteiger partial charge in [0.05, 0.1) is 23.7 Å². The fraction of sp³-hybridized carbons (Fsp3) is 0.500. The predicted molar refractivity (Wildman–Crippen MR) is 64.1 cm³/mol. The van der Waals surface area contributed by atoms with Crippen LogP contribution in [0.2, 0.25) is 0 Å². The van der Waals surface area contributed by atoms with Gasteiger partial charge in [0.25, 0.3) is 0 Å². The minimum absolute atomic E-state index is 0.317. The van der Waals surface area contributed by atoms with Crippen LogP contribution >= 0.6 is 0 Å². The zero-order valence-electron chi connectivity index (χ0n) is 10.5. The van der Waals surface area contributed by atoms with E-state index in [0.29, 0.717) is 5.75 Å². The Bertz CT molecular complexity index is 528. The number of rotatable bonds is 3. The van der Waals surface area contributed by atoms with Gasteiger partial charge in [-0.25, -0.2) is 9.50 Å². The standard InChI is InChI=1S/C12H17N3O2/c1-8-6-13-11-5-10(7-14-15(8)11)17-9(2)12(3,4)16/h5-7,9,16H,1-4H3.